The monoisotopic (exact) mass is 200 g/mol. The Kier molecular flexibility index (Phi) is 4.35. The number of nitrogens with zero attached hydrogens (tertiary/aromatic N) is 1. The largest absolute Gasteiger partial charge is 0.385 e. The molecule has 2 unspecified atom stereocenters. The lowest BCUT2D eigenvalue weighted by molar-refractivity contribution is -0.130. The maximum atomic E-state index is 11.8. The molecule has 1 aliphatic heterocycles. The van der Waals surface area contributed by atoms with Crippen molar-refractivity contribution in [1.29, 1.82) is 0 Å². The molecular formula is C10H20N2O2. The number of carbonyl (C=O) groups excluding carboxylic acids is 1. The van der Waals surface area contributed by atoms with Gasteiger partial charge in [0.2, 0.25) is 5.91 Å². The van der Waals surface area contributed by atoms with Crippen LogP contribution in [0.5, 0.6) is 0 Å². The van der Waals surface area contributed by atoms with E-state index in [1.807, 2.05) is 11.8 Å². The van der Waals surface area contributed by atoms with Crippen molar-refractivity contribution in [3.05, 3.63) is 0 Å². The Morgan fingerprint density at radius 1 is 1.71 bits per heavy atom. The van der Waals surface area contributed by atoms with Gasteiger partial charge in [-0.25, -0.2) is 0 Å². The van der Waals surface area contributed by atoms with E-state index in [1.165, 1.54) is 0 Å². The average molecular weight is 200 g/mol. The van der Waals surface area contributed by atoms with Crippen LogP contribution in [-0.4, -0.2) is 43.3 Å². The number of hydrogen-bond donors (Lipinski definition) is 1. The predicted octanol–water partition coefficient (Wildman–Crippen LogP) is 0.579. The minimum absolute atomic E-state index is 0.0278. The van der Waals surface area contributed by atoms with Gasteiger partial charge in [-0.1, -0.05) is 6.92 Å². The maximum absolute atomic E-state index is 11.8. The fourth-order valence-electron chi connectivity index (χ4n) is 1.71. The quantitative estimate of drug-likeness (QED) is 0.706. The van der Waals surface area contributed by atoms with Crippen molar-refractivity contribution >= 4 is 5.91 Å². The Morgan fingerprint density at radius 2 is 2.43 bits per heavy atom. The zero-order valence-corrected chi connectivity index (χ0v) is 9.25. The lowest BCUT2D eigenvalue weighted by Crippen LogP contribution is -2.37. The van der Waals surface area contributed by atoms with E-state index >= 15 is 0 Å². The van der Waals surface area contributed by atoms with Crippen molar-refractivity contribution in [3.8, 4) is 0 Å². The maximum Gasteiger partial charge on any atom is 0.241 e. The second-order valence-electron chi connectivity index (χ2n) is 3.76. The Balaban J connectivity index is 2.41. The van der Waals surface area contributed by atoms with Crippen molar-refractivity contribution in [2.45, 2.75) is 38.8 Å². The molecule has 1 fully saturated rings. The van der Waals surface area contributed by atoms with Crippen molar-refractivity contribution in [2.24, 2.45) is 0 Å². The molecule has 1 N–H and O–H groups in total. The minimum atomic E-state index is 0.0278. The molecule has 0 aliphatic carbocycles. The number of nitrogens with one attached hydrogen (secondary N) is 1. The van der Waals surface area contributed by atoms with Crippen LogP contribution in [0, 0.1) is 0 Å². The normalized spacial score (nSPS) is 24.4. The van der Waals surface area contributed by atoms with E-state index in [9.17, 15) is 4.79 Å². The van der Waals surface area contributed by atoms with Gasteiger partial charge in [-0.15, -0.1) is 0 Å². The first-order valence-corrected chi connectivity index (χ1v) is 5.23. The molecule has 0 aromatic heterocycles. The first-order chi connectivity index (χ1) is 6.70. The fourth-order valence-corrected chi connectivity index (χ4v) is 1.71. The van der Waals surface area contributed by atoms with Crippen molar-refractivity contribution in [3.63, 3.8) is 0 Å². The molecule has 0 aromatic carbocycles. The van der Waals surface area contributed by atoms with Gasteiger partial charge < -0.3 is 9.64 Å². The zero-order valence-electron chi connectivity index (χ0n) is 9.25. The highest BCUT2D eigenvalue weighted by atomic mass is 16.5. The number of ether oxygens (including phenoxy) is 1. The Morgan fingerprint density at radius 3 is 2.93 bits per heavy atom. The van der Waals surface area contributed by atoms with E-state index in [0.717, 1.165) is 12.8 Å². The molecule has 0 aromatic rings. The van der Waals surface area contributed by atoms with Crippen molar-refractivity contribution in [2.75, 3.05) is 20.4 Å². The van der Waals surface area contributed by atoms with E-state index in [-0.39, 0.29) is 18.0 Å². The molecule has 0 spiro atoms. The first kappa shape index (κ1) is 11.5. The zero-order chi connectivity index (χ0) is 10.6. The van der Waals surface area contributed by atoms with E-state index in [4.69, 9.17) is 4.74 Å². The van der Waals surface area contributed by atoms with Crippen LogP contribution in [0.1, 0.15) is 26.7 Å². The van der Waals surface area contributed by atoms with Crippen LogP contribution >= 0.6 is 0 Å². The van der Waals surface area contributed by atoms with Crippen molar-refractivity contribution < 1.29 is 9.53 Å². The highest BCUT2D eigenvalue weighted by molar-refractivity contribution is 5.83. The molecule has 1 amide bonds. The fraction of sp³-hybridized carbons (Fsp3) is 0.900. The van der Waals surface area contributed by atoms with Gasteiger partial charge in [0, 0.05) is 19.8 Å². The van der Waals surface area contributed by atoms with Crippen LogP contribution in [0.15, 0.2) is 0 Å². The summed E-state index contributed by atoms with van der Waals surface area (Å²) in [5.41, 5.74) is 0. The number of rotatable bonds is 5. The third-order valence-corrected chi connectivity index (χ3v) is 2.77. The van der Waals surface area contributed by atoms with Crippen LogP contribution < -0.4 is 5.32 Å². The number of carbonyl (C=O) groups is 1. The molecular weight excluding hydrogens is 180 g/mol. The summed E-state index contributed by atoms with van der Waals surface area (Å²) in [6.45, 7) is 5.49. The van der Waals surface area contributed by atoms with Crippen LogP contribution in [0.4, 0.5) is 0 Å². The summed E-state index contributed by atoms with van der Waals surface area (Å²) < 4.78 is 5.00. The van der Waals surface area contributed by atoms with Crippen molar-refractivity contribution in [1.82, 2.24) is 10.2 Å². The summed E-state index contributed by atoms with van der Waals surface area (Å²) in [5, 5.41) is 3.20. The molecule has 1 aliphatic rings. The van der Waals surface area contributed by atoms with E-state index < -0.39 is 0 Å². The van der Waals surface area contributed by atoms with E-state index in [0.29, 0.717) is 13.3 Å². The van der Waals surface area contributed by atoms with Gasteiger partial charge in [-0.05, 0) is 19.8 Å². The lowest BCUT2D eigenvalue weighted by atomic mass is 10.2. The molecule has 1 saturated heterocycles. The third-order valence-electron chi connectivity index (χ3n) is 2.77. The summed E-state index contributed by atoms with van der Waals surface area (Å²) in [5.74, 6) is 0.233. The topological polar surface area (TPSA) is 41.6 Å². The molecule has 0 bridgehead atoms. The van der Waals surface area contributed by atoms with Crippen LogP contribution in [-0.2, 0) is 9.53 Å². The SMILES string of the molecule is CCC1NCN(C(C)CCOC)C1=O. The molecule has 14 heavy (non-hydrogen) atoms. The molecule has 82 valence electrons. The first-order valence-electron chi connectivity index (χ1n) is 5.23. The predicted molar refractivity (Wildman–Crippen MR) is 54.9 cm³/mol. The summed E-state index contributed by atoms with van der Waals surface area (Å²) >= 11 is 0. The standard InChI is InChI=1S/C10H20N2O2/c1-4-9-10(13)12(7-11-9)8(2)5-6-14-3/h8-9,11H,4-7H2,1-3H3. The van der Waals surface area contributed by atoms with Crippen LogP contribution in [0.2, 0.25) is 0 Å². The minimum Gasteiger partial charge on any atom is -0.385 e. The Bertz CT molecular complexity index is 197. The summed E-state index contributed by atoms with van der Waals surface area (Å²) in [4.78, 5) is 13.7. The van der Waals surface area contributed by atoms with Gasteiger partial charge in [0.15, 0.2) is 0 Å². The number of amides is 1. The second-order valence-corrected chi connectivity index (χ2v) is 3.76. The number of hydrogen-bond acceptors (Lipinski definition) is 3. The molecule has 2 atom stereocenters. The van der Waals surface area contributed by atoms with Crippen LogP contribution in [0.25, 0.3) is 0 Å². The van der Waals surface area contributed by atoms with Gasteiger partial charge in [0.1, 0.15) is 0 Å². The lowest BCUT2D eigenvalue weighted by Gasteiger charge is -2.23. The van der Waals surface area contributed by atoms with Crippen LogP contribution in [0.3, 0.4) is 0 Å². The molecule has 0 saturated carbocycles. The molecule has 0 radical (unpaired) electrons. The Labute approximate surface area is 85.6 Å². The Hall–Kier alpha value is -0.610. The van der Waals surface area contributed by atoms with Gasteiger partial charge in [-0.3, -0.25) is 10.1 Å². The molecule has 1 rings (SSSR count). The molecule has 4 nitrogen and oxygen atoms in total. The van der Waals surface area contributed by atoms with E-state index in [2.05, 4.69) is 12.2 Å². The van der Waals surface area contributed by atoms with Gasteiger partial charge in [-0.2, -0.15) is 0 Å². The van der Waals surface area contributed by atoms with Gasteiger partial charge >= 0.3 is 0 Å². The number of methoxy groups -OCH3 is 1. The molecule has 1 heterocycles. The highest BCUT2D eigenvalue weighted by Gasteiger charge is 2.32. The summed E-state index contributed by atoms with van der Waals surface area (Å²) in [7, 11) is 1.69. The van der Waals surface area contributed by atoms with Gasteiger partial charge in [0.25, 0.3) is 0 Å². The smallest absolute Gasteiger partial charge is 0.241 e. The highest BCUT2D eigenvalue weighted by Crippen LogP contribution is 2.12. The second kappa shape index (κ2) is 5.32. The third kappa shape index (κ3) is 2.45. The average Bonchev–Trinajstić information content (AvgIpc) is 2.56. The summed E-state index contributed by atoms with van der Waals surface area (Å²) in [6.07, 6.45) is 1.77. The summed E-state index contributed by atoms with van der Waals surface area (Å²) in [6, 6.07) is 0.298. The molecule has 4 heteroatoms. The van der Waals surface area contributed by atoms with E-state index in [1.54, 1.807) is 7.11 Å². The van der Waals surface area contributed by atoms with Gasteiger partial charge in [0.05, 0.1) is 12.7 Å².